The molecule has 1 N–H and O–H groups in total. The van der Waals surface area contributed by atoms with Crippen LogP contribution in [0.4, 0.5) is 0 Å². The Hall–Kier alpha value is -1.33. The van der Waals surface area contributed by atoms with Crippen LogP contribution in [0.15, 0.2) is 57.5 Å². The van der Waals surface area contributed by atoms with Crippen LogP contribution in [0.2, 0.25) is 0 Å². The van der Waals surface area contributed by atoms with Crippen molar-refractivity contribution in [3.05, 3.63) is 63.0 Å². The molecule has 0 aliphatic rings. The number of halogens is 2. The average Bonchev–Trinajstić information content (AvgIpc) is 2.47. The first-order valence-corrected chi connectivity index (χ1v) is 8.07. The van der Waals surface area contributed by atoms with E-state index in [0.29, 0.717) is 5.75 Å². The minimum atomic E-state index is -0.152. The van der Waals surface area contributed by atoms with Crippen molar-refractivity contribution >= 4 is 37.8 Å². The van der Waals surface area contributed by atoms with Crippen LogP contribution >= 0.6 is 31.9 Å². The zero-order chi connectivity index (χ0) is 15.2. The van der Waals surface area contributed by atoms with Gasteiger partial charge in [0.05, 0.1) is 10.5 Å². The lowest BCUT2D eigenvalue weighted by atomic mass is 10.1. The third-order valence-corrected chi connectivity index (χ3v) is 4.13. The molecule has 2 aromatic carbocycles. The molecular formula is C16H15Br2NO2. The molecule has 0 saturated heterocycles. The van der Waals surface area contributed by atoms with Crippen LogP contribution in [0.3, 0.4) is 0 Å². The number of carbonyl (C=O) groups excluding carboxylic acids is 1. The van der Waals surface area contributed by atoms with Gasteiger partial charge in [0.25, 0.3) is 5.91 Å². The van der Waals surface area contributed by atoms with Gasteiger partial charge in [-0.2, -0.15) is 0 Å². The van der Waals surface area contributed by atoms with Crippen molar-refractivity contribution in [2.75, 3.05) is 6.61 Å². The molecule has 0 bridgehead atoms. The monoisotopic (exact) mass is 411 g/mol. The summed E-state index contributed by atoms with van der Waals surface area (Å²) < 4.78 is 7.34. The van der Waals surface area contributed by atoms with Crippen LogP contribution in [0.25, 0.3) is 0 Å². The van der Waals surface area contributed by atoms with Crippen LogP contribution in [-0.4, -0.2) is 12.5 Å². The van der Waals surface area contributed by atoms with Gasteiger partial charge in [-0.3, -0.25) is 4.79 Å². The van der Waals surface area contributed by atoms with Crippen molar-refractivity contribution in [1.82, 2.24) is 5.32 Å². The standard InChI is InChI=1S/C16H15Br2NO2/c1-11(12-6-8-13(17)9-7-12)19-16(20)10-21-15-5-3-2-4-14(15)18/h2-9,11H,10H2,1H3,(H,19,20)/t11-/m0/s1. The molecule has 2 aromatic rings. The van der Waals surface area contributed by atoms with Crippen LogP contribution in [0.5, 0.6) is 5.75 Å². The van der Waals surface area contributed by atoms with Crippen molar-refractivity contribution in [2.45, 2.75) is 13.0 Å². The molecule has 0 spiro atoms. The maximum Gasteiger partial charge on any atom is 0.258 e. The lowest BCUT2D eigenvalue weighted by Crippen LogP contribution is -2.31. The summed E-state index contributed by atoms with van der Waals surface area (Å²) in [7, 11) is 0. The number of para-hydroxylation sites is 1. The number of amides is 1. The van der Waals surface area contributed by atoms with Crippen LogP contribution in [0.1, 0.15) is 18.5 Å². The molecule has 1 atom stereocenters. The zero-order valence-electron chi connectivity index (χ0n) is 11.5. The summed E-state index contributed by atoms with van der Waals surface area (Å²) in [4.78, 5) is 11.9. The predicted octanol–water partition coefficient (Wildman–Crippen LogP) is 4.47. The highest BCUT2D eigenvalue weighted by molar-refractivity contribution is 9.10. The number of ether oxygens (including phenoxy) is 1. The number of carbonyl (C=O) groups is 1. The zero-order valence-corrected chi connectivity index (χ0v) is 14.6. The maximum atomic E-state index is 11.9. The van der Waals surface area contributed by atoms with Gasteiger partial charge in [-0.25, -0.2) is 0 Å². The normalized spacial score (nSPS) is 11.8. The Morgan fingerprint density at radius 3 is 2.48 bits per heavy atom. The molecule has 0 aliphatic heterocycles. The molecule has 0 aliphatic carbocycles. The summed E-state index contributed by atoms with van der Waals surface area (Å²) in [5.41, 5.74) is 1.05. The van der Waals surface area contributed by atoms with Gasteiger partial charge < -0.3 is 10.1 Å². The van der Waals surface area contributed by atoms with E-state index in [1.54, 1.807) is 0 Å². The lowest BCUT2D eigenvalue weighted by Gasteiger charge is -2.15. The van der Waals surface area contributed by atoms with Gasteiger partial charge in [0.15, 0.2) is 6.61 Å². The third-order valence-electron chi connectivity index (χ3n) is 2.94. The number of hydrogen-bond acceptors (Lipinski definition) is 2. The summed E-state index contributed by atoms with van der Waals surface area (Å²) in [6.07, 6.45) is 0. The van der Waals surface area contributed by atoms with Gasteiger partial charge in [0.2, 0.25) is 0 Å². The van der Waals surface area contributed by atoms with Crippen molar-refractivity contribution in [2.24, 2.45) is 0 Å². The summed E-state index contributed by atoms with van der Waals surface area (Å²) in [5.74, 6) is 0.505. The van der Waals surface area contributed by atoms with Gasteiger partial charge in [-0.1, -0.05) is 40.2 Å². The number of rotatable bonds is 5. The Balaban J connectivity index is 1.87. The van der Waals surface area contributed by atoms with E-state index in [0.717, 1.165) is 14.5 Å². The maximum absolute atomic E-state index is 11.9. The van der Waals surface area contributed by atoms with E-state index >= 15 is 0 Å². The molecule has 0 aromatic heterocycles. The topological polar surface area (TPSA) is 38.3 Å². The Kier molecular flexibility index (Phi) is 5.82. The number of benzene rings is 2. The lowest BCUT2D eigenvalue weighted by molar-refractivity contribution is -0.123. The molecule has 0 fully saturated rings. The summed E-state index contributed by atoms with van der Waals surface area (Å²) in [5, 5.41) is 2.91. The van der Waals surface area contributed by atoms with E-state index in [-0.39, 0.29) is 18.6 Å². The van der Waals surface area contributed by atoms with E-state index in [9.17, 15) is 4.79 Å². The first-order valence-electron chi connectivity index (χ1n) is 6.48. The Morgan fingerprint density at radius 1 is 1.14 bits per heavy atom. The summed E-state index contributed by atoms with van der Waals surface area (Å²) >= 11 is 6.77. The average molecular weight is 413 g/mol. The van der Waals surface area contributed by atoms with Gasteiger partial charge in [-0.15, -0.1) is 0 Å². The molecule has 110 valence electrons. The van der Waals surface area contributed by atoms with Crippen LogP contribution in [-0.2, 0) is 4.79 Å². The number of nitrogens with one attached hydrogen (secondary N) is 1. The molecular weight excluding hydrogens is 398 g/mol. The first kappa shape index (κ1) is 16.0. The van der Waals surface area contributed by atoms with Crippen molar-refractivity contribution in [1.29, 1.82) is 0 Å². The van der Waals surface area contributed by atoms with Gasteiger partial charge in [0, 0.05) is 4.47 Å². The largest absolute Gasteiger partial charge is 0.483 e. The minimum Gasteiger partial charge on any atom is -0.483 e. The van der Waals surface area contributed by atoms with E-state index in [2.05, 4.69) is 37.2 Å². The molecule has 0 heterocycles. The highest BCUT2D eigenvalue weighted by atomic mass is 79.9. The van der Waals surface area contributed by atoms with E-state index in [1.165, 1.54) is 0 Å². The molecule has 0 unspecified atom stereocenters. The highest BCUT2D eigenvalue weighted by Gasteiger charge is 2.10. The molecule has 1 amide bonds. The second-order valence-corrected chi connectivity index (χ2v) is 6.33. The van der Waals surface area contributed by atoms with Gasteiger partial charge >= 0.3 is 0 Å². The second-order valence-electron chi connectivity index (χ2n) is 4.56. The Labute approximate surface area is 141 Å². The number of hydrogen-bond donors (Lipinski definition) is 1. The van der Waals surface area contributed by atoms with Crippen molar-refractivity contribution in [3.63, 3.8) is 0 Å². The van der Waals surface area contributed by atoms with Crippen LogP contribution in [0, 0.1) is 0 Å². The summed E-state index contributed by atoms with van der Waals surface area (Å²) in [6.45, 7) is 1.93. The fourth-order valence-electron chi connectivity index (χ4n) is 1.82. The second kappa shape index (κ2) is 7.61. The van der Waals surface area contributed by atoms with Crippen LogP contribution < -0.4 is 10.1 Å². The third kappa shape index (κ3) is 4.86. The molecule has 21 heavy (non-hydrogen) atoms. The fraction of sp³-hybridized carbons (Fsp3) is 0.188. The SMILES string of the molecule is C[C@H](NC(=O)COc1ccccc1Br)c1ccc(Br)cc1. The quantitative estimate of drug-likeness (QED) is 0.786. The molecule has 2 rings (SSSR count). The highest BCUT2D eigenvalue weighted by Crippen LogP contribution is 2.23. The molecule has 0 radical (unpaired) electrons. The Morgan fingerprint density at radius 2 is 1.81 bits per heavy atom. The Bertz CT molecular complexity index is 614. The van der Waals surface area contributed by atoms with E-state index in [1.807, 2.05) is 55.5 Å². The smallest absolute Gasteiger partial charge is 0.258 e. The molecule has 0 saturated carbocycles. The molecule has 3 nitrogen and oxygen atoms in total. The van der Waals surface area contributed by atoms with E-state index in [4.69, 9.17) is 4.74 Å². The van der Waals surface area contributed by atoms with Crippen molar-refractivity contribution < 1.29 is 9.53 Å². The van der Waals surface area contributed by atoms with Crippen molar-refractivity contribution in [3.8, 4) is 5.75 Å². The first-order chi connectivity index (χ1) is 10.1. The fourth-order valence-corrected chi connectivity index (χ4v) is 2.49. The van der Waals surface area contributed by atoms with Gasteiger partial charge in [0.1, 0.15) is 5.75 Å². The molecule has 5 heteroatoms. The van der Waals surface area contributed by atoms with E-state index < -0.39 is 0 Å². The minimum absolute atomic E-state index is 0.0104. The predicted molar refractivity (Wildman–Crippen MR) is 90.3 cm³/mol. The summed E-state index contributed by atoms with van der Waals surface area (Å²) in [6, 6.07) is 15.2. The van der Waals surface area contributed by atoms with Gasteiger partial charge in [-0.05, 0) is 52.7 Å².